The summed E-state index contributed by atoms with van der Waals surface area (Å²) in [6.07, 6.45) is 0.232. The Bertz CT molecular complexity index is 1500. The third-order valence-electron chi connectivity index (χ3n) is 6.74. The average molecular weight is 614 g/mol. The molecule has 224 valence electrons. The van der Waals surface area contributed by atoms with Crippen molar-refractivity contribution >= 4 is 39.1 Å². The fourth-order valence-corrected chi connectivity index (χ4v) is 5.94. The van der Waals surface area contributed by atoms with Crippen LogP contribution in [0, 0.1) is 0 Å². The van der Waals surface area contributed by atoms with E-state index in [4.69, 9.17) is 21.1 Å². The molecule has 0 radical (unpaired) electrons. The number of carbonyl (C=O) groups excluding carboxylic acids is 2. The van der Waals surface area contributed by atoms with E-state index in [-0.39, 0.29) is 36.4 Å². The van der Waals surface area contributed by atoms with Gasteiger partial charge in [0.15, 0.2) is 11.5 Å². The standard InChI is InChI=1S/C31H36ClN3O6S/c1-4-42(38,39)35(26-13-14-28-29(19-26)41-16-15-40-28)21-30(36)34(20-24-11-8-12-25(32)17-24)27(31(37)33-22(2)3)18-23-9-6-5-7-10-23/h5-14,17,19,22,27H,4,15-16,18,20-21H2,1-3H3,(H,33,37)/t27-/m0/s1. The monoisotopic (exact) mass is 613 g/mol. The summed E-state index contributed by atoms with van der Waals surface area (Å²) in [6, 6.07) is 20.1. The minimum atomic E-state index is -3.90. The highest BCUT2D eigenvalue weighted by Gasteiger charge is 2.34. The van der Waals surface area contributed by atoms with Crippen LogP contribution in [-0.4, -0.2) is 62.7 Å². The van der Waals surface area contributed by atoms with Crippen molar-refractivity contribution in [3.05, 3.63) is 88.9 Å². The van der Waals surface area contributed by atoms with E-state index >= 15 is 0 Å². The minimum absolute atomic E-state index is 0.0452. The van der Waals surface area contributed by atoms with Crippen molar-refractivity contribution in [3.63, 3.8) is 0 Å². The van der Waals surface area contributed by atoms with Gasteiger partial charge in [-0.1, -0.05) is 54.1 Å². The number of sulfonamides is 1. The van der Waals surface area contributed by atoms with Crippen molar-refractivity contribution in [2.24, 2.45) is 0 Å². The normalized spacial score (nSPS) is 13.4. The van der Waals surface area contributed by atoms with Gasteiger partial charge in [-0.15, -0.1) is 0 Å². The largest absolute Gasteiger partial charge is 0.486 e. The Morgan fingerprint density at radius 2 is 1.62 bits per heavy atom. The van der Waals surface area contributed by atoms with Crippen molar-refractivity contribution in [1.29, 1.82) is 0 Å². The van der Waals surface area contributed by atoms with Crippen LogP contribution in [0.4, 0.5) is 5.69 Å². The molecule has 1 heterocycles. The maximum atomic E-state index is 14.2. The molecule has 0 unspecified atom stereocenters. The summed E-state index contributed by atoms with van der Waals surface area (Å²) in [5.74, 6) is -0.211. The second-order valence-electron chi connectivity index (χ2n) is 10.3. The summed E-state index contributed by atoms with van der Waals surface area (Å²) in [5, 5.41) is 3.42. The van der Waals surface area contributed by atoms with E-state index in [1.54, 1.807) is 36.4 Å². The first kappa shape index (κ1) is 31.2. The molecule has 0 spiro atoms. The van der Waals surface area contributed by atoms with Gasteiger partial charge in [0.05, 0.1) is 11.4 Å². The summed E-state index contributed by atoms with van der Waals surface area (Å²) in [7, 11) is -3.90. The smallest absolute Gasteiger partial charge is 0.244 e. The SMILES string of the molecule is CCS(=O)(=O)N(CC(=O)N(Cc1cccc(Cl)c1)[C@@H](Cc1ccccc1)C(=O)NC(C)C)c1ccc2c(c1)OCCO2. The highest BCUT2D eigenvalue weighted by Crippen LogP contribution is 2.35. The molecule has 1 aliphatic rings. The first-order chi connectivity index (χ1) is 20.1. The Labute approximate surface area is 252 Å². The van der Waals surface area contributed by atoms with Crippen LogP contribution in [0.1, 0.15) is 31.9 Å². The molecular formula is C31H36ClN3O6S. The molecule has 3 aromatic carbocycles. The topological polar surface area (TPSA) is 105 Å². The third kappa shape index (κ3) is 7.95. The molecule has 0 saturated heterocycles. The molecule has 0 fully saturated rings. The number of rotatable bonds is 12. The number of nitrogens with one attached hydrogen (secondary N) is 1. The summed E-state index contributed by atoms with van der Waals surface area (Å²) < 4.78 is 39.0. The van der Waals surface area contributed by atoms with Crippen LogP contribution in [0.3, 0.4) is 0 Å². The van der Waals surface area contributed by atoms with E-state index in [1.807, 2.05) is 50.2 Å². The Morgan fingerprint density at radius 1 is 0.929 bits per heavy atom. The molecule has 1 aliphatic heterocycles. The Hall–Kier alpha value is -3.76. The van der Waals surface area contributed by atoms with E-state index in [2.05, 4.69) is 5.32 Å². The van der Waals surface area contributed by atoms with Crippen LogP contribution >= 0.6 is 11.6 Å². The van der Waals surface area contributed by atoms with E-state index in [0.717, 1.165) is 9.87 Å². The number of fused-ring (bicyclic) bond motifs is 1. The Balaban J connectivity index is 1.75. The first-order valence-corrected chi connectivity index (χ1v) is 15.8. The van der Waals surface area contributed by atoms with Crippen LogP contribution in [0.2, 0.25) is 5.02 Å². The van der Waals surface area contributed by atoms with Crippen LogP contribution in [0.15, 0.2) is 72.8 Å². The van der Waals surface area contributed by atoms with E-state index < -0.39 is 28.5 Å². The Morgan fingerprint density at radius 3 is 2.29 bits per heavy atom. The summed E-state index contributed by atoms with van der Waals surface area (Å²) in [6.45, 7) is 5.45. The fourth-order valence-electron chi connectivity index (χ4n) is 4.67. The highest BCUT2D eigenvalue weighted by atomic mass is 35.5. The van der Waals surface area contributed by atoms with Gasteiger partial charge in [0.2, 0.25) is 21.8 Å². The van der Waals surface area contributed by atoms with Gasteiger partial charge in [-0.25, -0.2) is 8.42 Å². The van der Waals surface area contributed by atoms with E-state index in [9.17, 15) is 18.0 Å². The van der Waals surface area contributed by atoms with Crippen LogP contribution < -0.4 is 19.1 Å². The Kier molecular flexibility index (Phi) is 10.3. The predicted octanol–water partition coefficient (Wildman–Crippen LogP) is 4.43. The maximum absolute atomic E-state index is 14.2. The maximum Gasteiger partial charge on any atom is 0.244 e. The van der Waals surface area contributed by atoms with Crippen LogP contribution in [-0.2, 0) is 32.6 Å². The zero-order valence-electron chi connectivity index (χ0n) is 24.0. The van der Waals surface area contributed by atoms with E-state index in [1.165, 1.54) is 11.8 Å². The summed E-state index contributed by atoms with van der Waals surface area (Å²) >= 11 is 6.26. The number of amides is 2. The first-order valence-electron chi connectivity index (χ1n) is 13.9. The number of hydrogen-bond donors (Lipinski definition) is 1. The third-order valence-corrected chi connectivity index (χ3v) is 8.71. The molecule has 0 aliphatic carbocycles. The summed E-state index contributed by atoms with van der Waals surface area (Å²) in [5.41, 5.74) is 1.83. The van der Waals surface area contributed by atoms with E-state index in [0.29, 0.717) is 35.3 Å². The molecule has 9 nitrogen and oxygen atoms in total. The number of benzene rings is 3. The van der Waals surface area contributed by atoms with Crippen LogP contribution in [0.25, 0.3) is 0 Å². The summed E-state index contributed by atoms with van der Waals surface area (Å²) in [4.78, 5) is 29.3. The average Bonchev–Trinajstić information content (AvgIpc) is 2.97. The lowest BCUT2D eigenvalue weighted by Gasteiger charge is -2.34. The molecule has 4 rings (SSSR count). The number of carbonyl (C=O) groups is 2. The van der Waals surface area contributed by atoms with Gasteiger partial charge < -0.3 is 19.7 Å². The molecular weight excluding hydrogens is 578 g/mol. The molecule has 0 bridgehead atoms. The number of anilines is 1. The zero-order chi connectivity index (χ0) is 30.3. The van der Waals surface area contributed by atoms with Crippen molar-refractivity contribution in [2.75, 3.05) is 29.8 Å². The molecule has 0 saturated carbocycles. The minimum Gasteiger partial charge on any atom is -0.486 e. The van der Waals surface area contributed by atoms with Gasteiger partial charge in [0, 0.05) is 30.1 Å². The molecule has 42 heavy (non-hydrogen) atoms. The lowest BCUT2D eigenvalue weighted by Crippen LogP contribution is -2.54. The number of nitrogens with zero attached hydrogens (tertiary/aromatic N) is 2. The van der Waals surface area contributed by atoms with Crippen molar-refractivity contribution < 1.29 is 27.5 Å². The molecule has 1 N–H and O–H groups in total. The van der Waals surface area contributed by atoms with Gasteiger partial charge in [-0.05, 0) is 56.2 Å². The van der Waals surface area contributed by atoms with Crippen molar-refractivity contribution in [2.45, 2.75) is 45.8 Å². The number of halogens is 1. The second-order valence-corrected chi connectivity index (χ2v) is 12.9. The number of ether oxygens (including phenoxy) is 2. The highest BCUT2D eigenvalue weighted by molar-refractivity contribution is 7.92. The van der Waals surface area contributed by atoms with Gasteiger partial charge in [-0.3, -0.25) is 13.9 Å². The van der Waals surface area contributed by atoms with Gasteiger partial charge >= 0.3 is 0 Å². The molecule has 1 atom stereocenters. The lowest BCUT2D eigenvalue weighted by atomic mass is 10.0. The second kappa shape index (κ2) is 13.9. The fraction of sp³-hybridized carbons (Fsp3) is 0.355. The number of hydrogen-bond acceptors (Lipinski definition) is 6. The van der Waals surface area contributed by atoms with Gasteiger partial charge in [0.25, 0.3) is 0 Å². The molecule has 11 heteroatoms. The lowest BCUT2D eigenvalue weighted by molar-refractivity contribution is -0.140. The zero-order valence-corrected chi connectivity index (χ0v) is 25.5. The molecule has 3 aromatic rings. The quantitative estimate of drug-likeness (QED) is 0.324. The van der Waals surface area contributed by atoms with Gasteiger partial charge in [-0.2, -0.15) is 0 Å². The van der Waals surface area contributed by atoms with Gasteiger partial charge in [0.1, 0.15) is 25.8 Å². The van der Waals surface area contributed by atoms with Crippen LogP contribution in [0.5, 0.6) is 11.5 Å². The van der Waals surface area contributed by atoms with Crippen molar-refractivity contribution in [1.82, 2.24) is 10.2 Å². The molecule has 0 aromatic heterocycles. The molecule has 2 amide bonds. The van der Waals surface area contributed by atoms with Crippen molar-refractivity contribution in [3.8, 4) is 11.5 Å². The predicted molar refractivity (Wildman–Crippen MR) is 163 cm³/mol.